The van der Waals surface area contributed by atoms with E-state index < -0.39 is 10.8 Å². The maximum atomic E-state index is 12.6. The number of aryl methyl sites for hydroxylation is 1. The maximum absolute atomic E-state index is 12.6. The van der Waals surface area contributed by atoms with Gasteiger partial charge < -0.3 is 0 Å². The molecular weight excluding hydrogens is 252 g/mol. The molecule has 0 aliphatic heterocycles. The Balaban J connectivity index is 1.85. The van der Waals surface area contributed by atoms with Crippen molar-refractivity contribution in [3.05, 3.63) is 29.8 Å². The molecule has 3 heteroatoms. The van der Waals surface area contributed by atoms with E-state index in [1.165, 1.54) is 24.8 Å². The lowest BCUT2D eigenvalue weighted by Crippen LogP contribution is -2.32. The molecule has 17 heavy (non-hydrogen) atoms. The first-order valence-electron chi connectivity index (χ1n) is 6.28. The van der Waals surface area contributed by atoms with Gasteiger partial charge in [0.2, 0.25) is 0 Å². The number of hydrogen-bond donors (Lipinski definition) is 0. The van der Waals surface area contributed by atoms with Crippen LogP contribution in [0.15, 0.2) is 29.2 Å². The van der Waals surface area contributed by atoms with Gasteiger partial charge >= 0.3 is 0 Å². The Morgan fingerprint density at radius 3 is 2.41 bits per heavy atom. The van der Waals surface area contributed by atoms with Crippen molar-refractivity contribution in [1.82, 2.24) is 0 Å². The molecule has 0 radical (unpaired) electrons. The molecule has 0 spiro atoms. The van der Waals surface area contributed by atoms with Crippen molar-refractivity contribution < 1.29 is 4.21 Å². The summed E-state index contributed by atoms with van der Waals surface area (Å²) in [5.74, 6) is 1.20. The van der Waals surface area contributed by atoms with E-state index in [0.29, 0.717) is 11.8 Å². The van der Waals surface area contributed by atoms with Gasteiger partial charge in [-0.05, 0) is 50.2 Å². The molecule has 3 rings (SSSR count). The molecule has 1 aromatic rings. The van der Waals surface area contributed by atoms with Crippen LogP contribution in [-0.4, -0.2) is 14.8 Å². The maximum Gasteiger partial charge on any atom is 0.0589 e. The van der Waals surface area contributed by atoms with Crippen LogP contribution in [-0.2, 0) is 10.8 Å². The van der Waals surface area contributed by atoms with Crippen molar-refractivity contribution in [1.29, 1.82) is 0 Å². The summed E-state index contributed by atoms with van der Waals surface area (Å²) >= 11 is 6.46. The molecule has 2 aliphatic rings. The lowest BCUT2D eigenvalue weighted by Gasteiger charge is -2.25. The van der Waals surface area contributed by atoms with Crippen LogP contribution < -0.4 is 0 Å². The van der Waals surface area contributed by atoms with Gasteiger partial charge in [0.05, 0.1) is 21.4 Å². The number of hydrogen-bond acceptors (Lipinski definition) is 1. The van der Waals surface area contributed by atoms with Crippen molar-refractivity contribution in [3.63, 3.8) is 0 Å². The van der Waals surface area contributed by atoms with Gasteiger partial charge in [-0.1, -0.05) is 17.7 Å². The first-order chi connectivity index (χ1) is 8.16. The van der Waals surface area contributed by atoms with E-state index in [2.05, 4.69) is 6.92 Å². The molecular formula is C14H17ClOS. The smallest absolute Gasteiger partial charge is 0.0589 e. The molecule has 0 saturated heterocycles. The number of rotatable bonds is 2. The van der Waals surface area contributed by atoms with Gasteiger partial charge in [0.15, 0.2) is 0 Å². The van der Waals surface area contributed by atoms with E-state index in [0.717, 1.165) is 4.90 Å². The average molecular weight is 269 g/mol. The lowest BCUT2D eigenvalue weighted by molar-refractivity contribution is 0.488. The first kappa shape index (κ1) is 11.7. The molecule has 0 N–H and O–H groups in total. The standard InChI is InChI=1S/C14H17ClOS/c1-9-2-6-12(7-3-9)17(16)14-11-5-4-10(8-11)13(14)15/h2-3,6-7,10-11,13-14H,4-5,8H2,1H3/t10-,11-,13-,14+,17+/m0/s1. The van der Waals surface area contributed by atoms with Crippen LogP contribution in [0.2, 0.25) is 0 Å². The monoisotopic (exact) mass is 268 g/mol. The Bertz CT molecular complexity index is 440. The molecule has 1 aromatic carbocycles. The van der Waals surface area contributed by atoms with Crippen molar-refractivity contribution in [2.24, 2.45) is 11.8 Å². The highest BCUT2D eigenvalue weighted by Crippen LogP contribution is 2.50. The van der Waals surface area contributed by atoms with Gasteiger partial charge in [-0.2, -0.15) is 0 Å². The fourth-order valence-corrected chi connectivity index (χ4v) is 5.78. The van der Waals surface area contributed by atoms with Crippen LogP contribution in [0.4, 0.5) is 0 Å². The zero-order chi connectivity index (χ0) is 12.0. The minimum atomic E-state index is -0.929. The van der Waals surface area contributed by atoms with Crippen LogP contribution in [0.25, 0.3) is 0 Å². The molecule has 2 fully saturated rings. The van der Waals surface area contributed by atoms with Crippen molar-refractivity contribution in [3.8, 4) is 0 Å². The second-order valence-corrected chi connectivity index (χ2v) is 7.47. The summed E-state index contributed by atoms with van der Waals surface area (Å²) in [5.41, 5.74) is 1.21. The Labute approximate surface area is 110 Å². The number of alkyl halides is 1. The number of benzene rings is 1. The Hall–Kier alpha value is -0.340. The lowest BCUT2D eigenvalue weighted by atomic mass is 10.00. The zero-order valence-corrected chi connectivity index (χ0v) is 11.5. The molecule has 2 saturated carbocycles. The second kappa shape index (κ2) is 4.40. The van der Waals surface area contributed by atoms with E-state index in [9.17, 15) is 4.21 Å². The third kappa shape index (κ3) is 1.96. The Morgan fingerprint density at radius 2 is 1.82 bits per heavy atom. The van der Waals surface area contributed by atoms with Gasteiger partial charge in [-0.3, -0.25) is 4.21 Å². The van der Waals surface area contributed by atoms with E-state index in [1.807, 2.05) is 24.3 Å². The summed E-state index contributed by atoms with van der Waals surface area (Å²) < 4.78 is 12.6. The van der Waals surface area contributed by atoms with Crippen molar-refractivity contribution in [2.75, 3.05) is 0 Å². The van der Waals surface area contributed by atoms with E-state index in [4.69, 9.17) is 11.6 Å². The molecule has 2 bridgehead atoms. The minimum Gasteiger partial charge on any atom is -0.254 e. The SMILES string of the molecule is Cc1ccc([S@@](=O)[C@@H]2[C@H]3CC[C@@H](C3)[C@@H]2Cl)cc1. The zero-order valence-electron chi connectivity index (χ0n) is 9.93. The van der Waals surface area contributed by atoms with Crippen LogP contribution in [0.5, 0.6) is 0 Å². The predicted molar refractivity (Wildman–Crippen MR) is 71.8 cm³/mol. The van der Waals surface area contributed by atoms with E-state index in [-0.39, 0.29) is 10.6 Å². The summed E-state index contributed by atoms with van der Waals surface area (Å²) in [4.78, 5) is 0.943. The summed E-state index contributed by atoms with van der Waals surface area (Å²) in [6.07, 6.45) is 3.65. The van der Waals surface area contributed by atoms with Gasteiger partial charge in [0.1, 0.15) is 0 Å². The summed E-state index contributed by atoms with van der Waals surface area (Å²) in [7, 11) is -0.929. The van der Waals surface area contributed by atoms with Crippen molar-refractivity contribution in [2.45, 2.75) is 41.7 Å². The minimum absolute atomic E-state index is 0.121. The highest BCUT2D eigenvalue weighted by molar-refractivity contribution is 7.85. The normalized spacial score (nSPS) is 37.3. The summed E-state index contributed by atoms with van der Waals surface area (Å²) in [5, 5.41) is 0.300. The largest absolute Gasteiger partial charge is 0.254 e. The third-order valence-electron chi connectivity index (χ3n) is 4.24. The van der Waals surface area contributed by atoms with Crippen LogP contribution in [0.1, 0.15) is 24.8 Å². The third-order valence-corrected chi connectivity index (χ3v) is 6.93. The highest BCUT2D eigenvalue weighted by Gasteiger charge is 2.49. The Kier molecular flexibility index (Phi) is 3.04. The van der Waals surface area contributed by atoms with E-state index in [1.54, 1.807) is 0 Å². The fourth-order valence-electron chi connectivity index (χ4n) is 3.29. The molecule has 92 valence electrons. The number of halogens is 1. The molecule has 1 nitrogen and oxygen atoms in total. The van der Waals surface area contributed by atoms with Crippen LogP contribution >= 0.6 is 11.6 Å². The van der Waals surface area contributed by atoms with Gasteiger partial charge in [0.25, 0.3) is 0 Å². The fraction of sp³-hybridized carbons (Fsp3) is 0.571. The molecule has 0 aromatic heterocycles. The molecule has 0 unspecified atom stereocenters. The van der Waals surface area contributed by atoms with E-state index >= 15 is 0 Å². The average Bonchev–Trinajstić information content (AvgIpc) is 2.89. The topological polar surface area (TPSA) is 17.1 Å². The van der Waals surface area contributed by atoms with Crippen LogP contribution in [0, 0.1) is 18.8 Å². The first-order valence-corrected chi connectivity index (χ1v) is 7.93. The van der Waals surface area contributed by atoms with Crippen LogP contribution in [0.3, 0.4) is 0 Å². The quantitative estimate of drug-likeness (QED) is 0.751. The summed E-state index contributed by atoms with van der Waals surface area (Å²) in [6, 6.07) is 8.04. The van der Waals surface area contributed by atoms with Crippen molar-refractivity contribution >= 4 is 22.4 Å². The van der Waals surface area contributed by atoms with Gasteiger partial charge in [-0.15, -0.1) is 11.6 Å². The molecule has 0 amide bonds. The second-order valence-electron chi connectivity index (χ2n) is 5.35. The van der Waals surface area contributed by atoms with Gasteiger partial charge in [-0.25, -0.2) is 0 Å². The molecule has 2 aliphatic carbocycles. The molecule has 5 atom stereocenters. The predicted octanol–water partition coefficient (Wildman–Crippen LogP) is 3.51. The number of fused-ring (bicyclic) bond motifs is 2. The highest BCUT2D eigenvalue weighted by atomic mass is 35.5. The Morgan fingerprint density at radius 1 is 1.18 bits per heavy atom. The van der Waals surface area contributed by atoms with Gasteiger partial charge in [0, 0.05) is 4.90 Å². The molecule has 0 heterocycles. The summed E-state index contributed by atoms with van der Waals surface area (Å²) in [6.45, 7) is 2.05.